The van der Waals surface area contributed by atoms with Crippen LogP contribution in [-0.4, -0.2) is 33.9 Å². The van der Waals surface area contributed by atoms with Crippen molar-refractivity contribution in [1.29, 1.82) is 0 Å². The fourth-order valence-corrected chi connectivity index (χ4v) is 4.61. The molecule has 2 atom stereocenters. The van der Waals surface area contributed by atoms with E-state index in [0.717, 1.165) is 28.5 Å². The molecule has 1 N–H and O–H groups in total. The minimum Gasteiger partial charge on any atom is -0.497 e. The lowest BCUT2D eigenvalue weighted by molar-refractivity contribution is 0.402. The van der Waals surface area contributed by atoms with Crippen molar-refractivity contribution < 1.29 is 9.47 Å². The van der Waals surface area contributed by atoms with E-state index in [0.29, 0.717) is 10.9 Å². The van der Waals surface area contributed by atoms with Crippen LogP contribution in [0.15, 0.2) is 85.5 Å². The van der Waals surface area contributed by atoms with Crippen molar-refractivity contribution in [3.63, 3.8) is 0 Å². The fourth-order valence-electron chi connectivity index (χ4n) is 4.27. The molecule has 166 valence electrons. The Morgan fingerprint density at radius 1 is 0.939 bits per heavy atom. The van der Waals surface area contributed by atoms with Crippen LogP contribution in [0.2, 0.25) is 0 Å². The van der Waals surface area contributed by atoms with Crippen LogP contribution >= 0.6 is 12.2 Å². The molecule has 1 aromatic carbocycles. The van der Waals surface area contributed by atoms with Gasteiger partial charge >= 0.3 is 0 Å². The zero-order chi connectivity index (χ0) is 22.8. The zero-order valence-corrected chi connectivity index (χ0v) is 19.1. The van der Waals surface area contributed by atoms with Crippen molar-refractivity contribution in [1.82, 2.24) is 19.9 Å². The minimum absolute atomic E-state index is 0.176. The van der Waals surface area contributed by atoms with E-state index < -0.39 is 0 Å². The highest BCUT2D eigenvalue weighted by Gasteiger charge is 2.43. The summed E-state index contributed by atoms with van der Waals surface area (Å²) in [6.07, 6.45) is 7.42. The Morgan fingerprint density at radius 2 is 1.79 bits per heavy atom. The van der Waals surface area contributed by atoms with Gasteiger partial charge < -0.3 is 24.3 Å². The average Bonchev–Trinajstić information content (AvgIpc) is 3.49. The standard InChI is InChI=1S/C25H23N5O2S/c1-31-18-8-9-22(32-2)21(16-18)30-24(23(28-25(30)33)19-6-3-4-12-27-19)20-7-5-15-29(20)17-10-13-26-14-11-17/h3-16,23-24H,1-2H3,(H,28,33)/t23-,24-/m1/s1. The Hall–Kier alpha value is -3.91. The van der Waals surface area contributed by atoms with Crippen LogP contribution in [0.4, 0.5) is 5.69 Å². The monoisotopic (exact) mass is 457 g/mol. The van der Waals surface area contributed by atoms with Gasteiger partial charge in [0, 0.05) is 42.2 Å². The van der Waals surface area contributed by atoms with E-state index in [1.165, 1.54) is 0 Å². The number of anilines is 1. The molecule has 3 aromatic heterocycles. The zero-order valence-electron chi connectivity index (χ0n) is 18.3. The van der Waals surface area contributed by atoms with Gasteiger partial charge in [-0.05, 0) is 60.7 Å². The van der Waals surface area contributed by atoms with Crippen LogP contribution in [0.5, 0.6) is 11.5 Å². The Morgan fingerprint density at radius 3 is 2.52 bits per heavy atom. The molecule has 4 heterocycles. The van der Waals surface area contributed by atoms with Crippen LogP contribution in [-0.2, 0) is 0 Å². The predicted molar refractivity (Wildman–Crippen MR) is 131 cm³/mol. The summed E-state index contributed by atoms with van der Waals surface area (Å²) in [7, 11) is 3.30. The van der Waals surface area contributed by atoms with E-state index in [2.05, 4.69) is 30.8 Å². The topological polar surface area (TPSA) is 64.4 Å². The summed E-state index contributed by atoms with van der Waals surface area (Å²) in [6, 6.07) is 19.4. The first-order chi connectivity index (χ1) is 16.2. The molecule has 0 unspecified atom stereocenters. The lowest BCUT2D eigenvalue weighted by atomic mass is 10.0. The van der Waals surface area contributed by atoms with Crippen molar-refractivity contribution in [3.8, 4) is 17.2 Å². The highest BCUT2D eigenvalue weighted by molar-refractivity contribution is 7.80. The molecule has 8 heteroatoms. The smallest absolute Gasteiger partial charge is 0.174 e. The van der Waals surface area contributed by atoms with Crippen LogP contribution in [0.1, 0.15) is 23.5 Å². The molecule has 1 aliphatic heterocycles. The summed E-state index contributed by atoms with van der Waals surface area (Å²) >= 11 is 5.87. The van der Waals surface area contributed by atoms with Gasteiger partial charge in [-0.1, -0.05) is 6.07 Å². The van der Waals surface area contributed by atoms with Gasteiger partial charge in [0.15, 0.2) is 5.11 Å². The highest BCUT2D eigenvalue weighted by Crippen LogP contribution is 2.45. The number of benzene rings is 1. The molecule has 0 spiro atoms. The number of aromatic nitrogens is 3. The number of ether oxygens (including phenoxy) is 2. The molecule has 5 rings (SSSR count). The second kappa shape index (κ2) is 8.91. The van der Waals surface area contributed by atoms with Crippen molar-refractivity contribution in [2.24, 2.45) is 0 Å². The van der Waals surface area contributed by atoms with Gasteiger partial charge in [-0.15, -0.1) is 0 Å². The lowest BCUT2D eigenvalue weighted by Gasteiger charge is -2.30. The van der Waals surface area contributed by atoms with Crippen LogP contribution in [0, 0.1) is 0 Å². The van der Waals surface area contributed by atoms with Gasteiger partial charge in [0.1, 0.15) is 17.5 Å². The molecule has 33 heavy (non-hydrogen) atoms. The quantitative estimate of drug-likeness (QED) is 0.429. The van der Waals surface area contributed by atoms with Gasteiger partial charge in [-0.25, -0.2) is 0 Å². The Labute approximate surface area is 197 Å². The summed E-state index contributed by atoms with van der Waals surface area (Å²) in [4.78, 5) is 10.9. The minimum atomic E-state index is -0.198. The highest BCUT2D eigenvalue weighted by atomic mass is 32.1. The number of hydrogen-bond donors (Lipinski definition) is 1. The number of thiocarbonyl (C=S) groups is 1. The average molecular weight is 458 g/mol. The van der Waals surface area contributed by atoms with E-state index in [9.17, 15) is 0 Å². The molecule has 1 fully saturated rings. The normalized spacial score (nSPS) is 17.6. The van der Waals surface area contributed by atoms with Gasteiger partial charge in [-0.2, -0.15) is 0 Å². The van der Waals surface area contributed by atoms with Crippen molar-refractivity contribution >= 4 is 23.0 Å². The van der Waals surface area contributed by atoms with Crippen LogP contribution < -0.4 is 19.7 Å². The summed E-state index contributed by atoms with van der Waals surface area (Å²) in [6.45, 7) is 0. The number of hydrogen-bond acceptors (Lipinski definition) is 5. The maximum Gasteiger partial charge on any atom is 0.174 e. The van der Waals surface area contributed by atoms with Crippen LogP contribution in [0.3, 0.4) is 0 Å². The maximum atomic E-state index is 5.87. The Balaban J connectivity index is 1.70. The van der Waals surface area contributed by atoms with E-state index in [4.69, 9.17) is 21.7 Å². The lowest BCUT2D eigenvalue weighted by Crippen LogP contribution is -2.30. The van der Waals surface area contributed by atoms with Gasteiger partial charge in [0.25, 0.3) is 0 Å². The first-order valence-electron chi connectivity index (χ1n) is 10.5. The third kappa shape index (κ3) is 3.78. The second-order valence-electron chi connectivity index (χ2n) is 7.54. The molecule has 1 aliphatic rings. The van der Waals surface area contributed by atoms with E-state index in [1.807, 2.05) is 60.8 Å². The van der Waals surface area contributed by atoms with E-state index >= 15 is 0 Å². The fraction of sp³-hybridized carbons (Fsp3) is 0.160. The summed E-state index contributed by atoms with van der Waals surface area (Å²) in [5.41, 5.74) is 3.78. The third-order valence-corrected chi connectivity index (χ3v) is 6.08. The van der Waals surface area contributed by atoms with Crippen molar-refractivity contribution in [2.75, 3.05) is 19.1 Å². The number of nitrogens with one attached hydrogen (secondary N) is 1. The third-order valence-electron chi connectivity index (χ3n) is 5.77. The predicted octanol–water partition coefficient (Wildman–Crippen LogP) is 4.46. The van der Waals surface area contributed by atoms with Gasteiger partial charge in [0.05, 0.1) is 31.6 Å². The Bertz CT molecular complexity index is 1260. The van der Waals surface area contributed by atoms with E-state index in [-0.39, 0.29) is 12.1 Å². The van der Waals surface area contributed by atoms with Gasteiger partial charge in [-0.3, -0.25) is 9.97 Å². The SMILES string of the molecule is COc1ccc(OC)c(N2C(=S)N[C@H](c3ccccn3)[C@H]2c2cccn2-c2ccncc2)c1. The molecular formula is C25H23N5O2S. The molecule has 0 aliphatic carbocycles. The summed E-state index contributed by atoms with van der Waals surface area (Å²) in [5, 5.41) is 4.09. The van der Waals surface area contributed by atoms with Crippen molar-refractivity contribution in [2.45, 2.75) is 12.1 Å². The van der Waals surface area contributed by atoms with Crippen LogP contribution in [0.25, 0.3) is 5.69 Å². The number of nitrogens with zero attached hydrogens (tertiary/aromatic N) is 4. The Kier molecular flexibility index (Phi) is 5.66. The number of methoxy groups -OCH3 is 2. The largest absolute Gasteiger partial charge is 0.497 e. The first-order valence-corrected chi connectivity index (χ1v) is 10.9. The molecular weight excluding hydrogens is 434 g/mol. The second-order valence-corrected chi connectivity index (χ2v) is 7.93. The van der Waals surface area contributed by atoms with E-state index in [1.54, 1.807) is 32.8 Å². The first kappa shape index (κ1) is 21.0. The summed E-state index contributed by atoms with van der Waals surface area (Å²) in [5.74, 6) is 1.42. The maximum absolute atomic E-state index is 5.87. The number of rotatable bonds is 6. The van der Waals surface area contributed by atoms with Gasteiger partial charge in [0.2, 0.25) is 0 Å². The molecule has 0 amide bonds. The number of pyridine rings is 2. The molecule has 0 bridgehead atoms. The molecule has 7 nitrogen and oxygen atoms in total. The molecule has 1 saturated heterocycles. The molecule has 0 radical (unpaired) electrons. The summed E-state index contributed by atoms with van der Waals surface area (Å²) < 4.78 is 13.4. The molecule has 0 saturated carbocycles. The van der Waals surface area contributed by atoms with Crippen molar-refractivity contribution in [3.05, 3.63) is 96.8 Å². The molecule has 4 aromatic rings.